The zero-order chi connectivity index (χ0) is 13.9. The van der Waals surface area contributed by atoms with Crippen LogP contribution in [0, 0.1) is 11.3 Å². The number of thioether (sulfide) groups is 1. The molecule has 19 heavy (non-hydrogen) atoms. The Kier molecular flexibility index (Phi) is 4.20. The Hall–Kier alpha value is -1.41. The minimum atomic E-state index is -0.325. The molecule has 0 spiro atoms. The lowest BCUT2D eigenvalue weighted by atomic mass is 9.97. The van der Waals surface area contributed by atoms with E-state index in [-0.39, 0.29) is 10.7 Å². The summed E-state index contributed by atoms with van der Waals surface area (Å²) < 4.78 is 5.17. The summed E-state index contributed by atoms with van der Waals surface area (Å²) in [5.41, 5.74) is 0. The van der Waals surface area contributed by atoms with Crippen LogP contribution in [-0.4, -0.2) is 34.9 Å². The molecule has 1 saturated heterocycles. The number of furan rings is 1. The molecule has 1 aliphatic rings. The summed E-state index contributed by atoms with van der Waals surface area (Å²) in [6, 6.07) is 5.97. The predicted molar refractivity (Wildman–Crippen MR) is 75.1 cm³/mol. The highest BCUT2D eigenvalue weighted by molar-refractivity contribution is 8.00. The molecule has 5 heteroatoms. The molecule has 0 aromatic carbocycles. The molecule has 1 aromatic rings. The minimum absolute atomic E-state index is 0.0626. The van der Waals surface area contributed by atoms with Crippen molar-refractivity contribution in [2.45, 2.75) is 30.9 Å². The van der Waals surface area contributed by atoms with E-state index in [0.717, 1.165) is 25.0 Å². The second kappa shape index (κ2) is 5.70. The largest absolute Gasteiger partial charge is 0.456 e. The van der Waals surface area contributed by atoms with Gasteiger partial charge in [0.1, 0.15) is 10.5 Å². The summed E-state index contributed by atoms with van der Waals surface area (Å²) in [5.74, 6) is 1.17. The summed E-state index contributed by atoms with van der Waals surface area (Å²) in [7, 11) is 0. The first kappa shape index (κ1) is 14.0. The number of rotatable bonds is 3. The zero-order valence-corrected chi connectivity index (χ0v) is 12.1. The van der Waals surface area contributed by atoms with Gasteiger partial charge in [0.25, 0.3) is 5.91 Å². The molecular formula is C14H18N2O2S. The normalized spacial score (nSPS) is 18.1. The molecule has 2 rings (SSSR count). The van der Waals surface area contributed by atoms with Crippen molar-refractivity contribution in [1.29, 1.82) is 5.26 Å². The summed E-state index contributed by atoms with van der Waals surface area (Å²) in [4.78, 5) is 14.0. The molecule has 4 nitrogen and oxygen atoms in total. The maximum Gasteiger partial charge on any atom is 0.289 e. The standard InChI is InChI=1S/C14H18N2O2S/c1-3-11-4-5-12(18-11)13(17)16-8-6-14(10-15,19-2)7-9-16/h4-5H,3,6-9H2,1-2H3. The average molecular weight is 278 g/mol. The fourth-order valence-corrected chi connectivity index (χ4v) is 2.95. The topological polar surface area (TPSA) is 57.2 Å². The molecule has 0 atom stereocenters. The lowest BCUT2D eigenvalue weighted by molar-refractivity contribution is 0.0682. The number of amides is 1. The van der Waals surface area contributed by atoms with Crippen LogP contribution in [0.5, 0.6) is 0 Å². The van der Waals surface area contributed by atoms with E-state index in [1.54, 1.807) is 22.7 Å². The highest BCUT2D eigenvalue weighted by atomic mass is 32.2. The third-order valence-corrected chi connectivity index (χ3v) is 4.95. The maximum absolute atomic E-state index is 12.3. The number of carbonyl (C=O) groups is 1. The summed E-state index contributed by atoms with van der Waals surface area (Å²) in [6.07, 6.45) is 4.19. The van der Waals surface area contributed by atoms with E-state index in [4.69, 9.17) is 4.42 Å². The summed E-state index contributed by atoms with van der Waals surface area (Å²) in [6.45, 7) is 3.23. The Morgan fingerprint density at radius 1 is 1.53 bits per heavy atom. The van der Waals surface area contributed by atoms with Gasteiger partial charge in [-0.05, 0) is 31.2 Å². The second-order valence-electron chi connectivity index (χ2n) is 4.72. The van der Waals surface area contributed by atoms with Crippen molar-refractivity contribution in [3.63, 3.8) is 0 Å². The highest BCUT2D eigenvalue weighted by Crippen LogP contribution is 2.34. The Balaban J connectivity index is 2.02. The molecule has 1 aromatic heterocycles. The molecule has 102 valence electrons. The molecule has 0 saturated carbocycles. The molecule has 0 radical (unpaired) electrons. The lowest BCUT2D eigenvalue weighted by Crippen LogP contribution is -2.44. The van der Waals surface area contributed by atoms with Crippen LogP contribution < -0.4 is 0 Å². The number of piperidine rings is 1. The van der Waals surface area contributed by atoms with Crippen molar-refractivity contribution in [2.24, 2.45) is 0 Å². The number of carbonyl (C=O) groups excluding carboxylic acids is 1. The zero-order valence-electron chi connectivity index (χ0n) is 11.3. The first-order valence-corrected chi connectivity index (χ1v) is 7.71. The lowest BCUT2D eigenvalue weighted by Gasteiger charge is -2.35. The van der Waals surface area contributed by atoms with Gasteiger partial charge in [0.2, 0.25) is 0 Å². The van der Waals surface area contributed by atoms with E-state index < -0.39 is 0 Å². The van der Waals surface area contributed by atoms with Crippen LogP contribution in [0.1, 0.15) is 36.1 Å². The molecule has 1 amide bonds. The number of nitrogens with zero attached hydrogens (tertiary/aromatic N) is 2. The Bertz CT molecular complexity index is 496. The number of likely N-dealkylation sites (tertiary alicyclic amines) is 1. The van der Waals surface area contributed by atoms with E-state index in [0.29, 0.717) is 18.8 Å². The van der Waals surface area contributed by atoms with Crippen molar-refractivity contribution in [3.8, 4) is 6.07 Å². The van der Waals surface area contributed by atoms with E-state index in [1.165, 1.54) is 0 Å². The second-order valence-corrected chi connectivity index (χ2v) is 5.91. The third-order valence-electron chi connectivity index (χ3n) is 3.67. The van der Waals surface area contributed by atoms with Gasteiger partial charge in [-0.3, -0.25) is 4.79 Å². The van der Waals surface area contributed by atoms with Crippen LogP contribution in [0.3, 0.4) is 0 Å². The Morgan fingerprint density at radius 3 is 2.68 bits per heavy atom. The maximum atomic E-state index is 12.3. The fourth-order valence-electron chi connectivity index (χ4n) is 2.27. The van der Waals surface area contributed by atoms with Gasteiger partial charge in [-0.25, -0.2) is 0 Å². The first-order valence-electron chi connectivity index (χ1n) is 6.48. The molecule has 2 heterocycles. The molecule has 0 bridgehead atoms. The van der Waals surface area contributed by atoms with Gasteiger partial charge in [0, 0.05) is 19.5 Å². The van der Waals surface area contributed by atoms with Crippen molar-refractivity contribution in [1.82, 2.24) is 4.90 Å². The van der Waals surface area contributed by atoms with Crippen LogP contribution in [0.2, 0.25) is 0 Å². The van der Waals surface area contributed by atoms with Gasteiger partial charge < -0.3 is 9.32 Å². The van der Waals surface area contributed by atoms with E-state index in [1.807, 2.05) is 19.2 Å². The van der Waals surface area contributed by atoms with Crippen LogP contribution in [0.4, 0.5) is 0 Å². The first-order chi connectivity index (χ1) is 9.14. The van der Waals surface area contributed by atoms with Crippen molar-refractivity contribution in [3.05, 3.63) is 23.7 Å². The molecule has 1 aliphatic heterocycles. The van der Waals surface area contributed by atoms with Gasteiger partial charge >= 0.3 is 0 Å². The van der Waals surface area contributed by atoms with Gasteiger partial charge in [0.05, 0.1) is 6.07 Å². The number of hydrogen-bond donors (Lipinski definition) is 0. The molecular weight excluding hydrogens is 260 g/mol. The molecule has 0 unspecified atom stereocenters. The predicted octanol–water partition coefficient (Wildman–Crippen LogP) is 2.70. The average Bonchev–Trinajstić information content (AvgIpc) is 2.95. The van der Waals surface area contributed by atoms with Gasteiger partial charge in [-0.2, -0.15) is 5.26 Å². The minimum Gasteiger partial charge on any atom is -0.456 e. The molecule has 0 N–H and O–H groups in total. The quantitative estimate of drug-likeness (QED) is 0.853. The van der Waals surface area contributed by atoms with Crippen LogP contribution >= 0.6 is 11.8 Å². The Labute approximate surface area is 117 Å². The van der Waals surface area contributed by atoms with Crippen LogP contribution in [0.25, 0.3) is 0 Å². The van der Waals surface area contributed by atoms with E-state index in [2.05, 4.69) is 6.07 Å². The van der Waals surface area contributed by atoms with Crippen LogP contribution in [-0.2, 0) is 6.42 Å². The van der Waals surface area contributed by atoms with Gasteiger partial charge in [-0.15, -0.1) is 11.8 Å². The van der Waals surface area contributed by atoms with Crippen LogP contribution in [0.15, 0.2) is 16.5 Å². The van der Waals surface area contributed by atoms with Crippen molar-refractivity contribution < 1.29 is 9.21 Å². The highest BCUT2D eigenvalue weighted by Gasteiger charge is 2.36. The molecule has 1 fully saturated rings. The smallest absolute Gasteiger partial charge is 0.289 e. The monoisotopic (exact) mass is 278 g/mol. The third kappa shape index (κ3) is 2.79. The molecule has 0 aliphatic carbocycles. The summed E-state index contributed by atoms with van der Waals surface area (Å²) >= 11 is 1.59. The number of hydrogen-bond acceptors (Lipinski definition) is 4. The number of aryl methyl sites for hydroxylation is 1. The fraction of sp³-hybridized carbons (Fsp3) is 0.571. The Morgan fingerprint density at radius 2 is 2.21 bits per heavy atom. The van der Waals surface area contributed by atoms with E-state index in [9.17, 15) is 10.1 Å². The SMILES string of the molecule is CCc1ccc(C(=O)N2CCC(C#N)(SC)CC2)o1. The van der Waals surface area contributed by atoms with Crippen molar-refractivity contribution in [2.75, 3.05) is 19.3 Å². The van der Waals surface area contributed by atoms with E-state index >= 15 is 0 Å². The summed E-state index contributed by atoms with van der Waals surface area (Å²) in [5, 5.41) is 9.23. The van der Waals surface area contributed by atoms with Gasteiger partial charge in [-0.1, -0.05) is 6.92 Å². The van der Waals surface area contributed by atoms with Crippen molar-refractivity contribution >= 4 is 17.7 Å². The van der Waals surface area contributed by atoms with Gasteiger partial charge in [0.15, 0.2) is 5.76 Å². The number of nitriles is 1.